The van der Waals surface area contributed by atoms with Crippen LogP contribution in [0.4, 0.5) is 9.39 Å². The van der Waals surface area contributed by atoms with Crippen LogP contribution in [-0.4, -0.2) is 24.1 Å². The Labute approximate surface area is 120 Å². The summed E-state index contributed by atoms with van der Waals surface area (Å²) in [5.41, 5.74) is 2.50. The lowest BCUT2D eigenvalue weighted by Crippen LogP contribution is -2.11. The number of rotatable bonds is 6. The van der Waals surface area contributed by atoms with E-state index in [0.717, 1.165) is 0 Å². The smallest absolute Gasteiger partial charge is 0.360 e. The molecule has 0 aliphatic rings. The lowest BCUT2D eigenvalue weighted by atomic mass is 10.1. The predicted octanol–water partition coefficient (Wildman–Crippen LogP) is 3.11. The Kier molecular flexibility index (Phi) is 5.06. The van der Waals surface area contributed by atoms with Crippen LogP contribution in [-0.2, 0) is 11.2 Å². The Hall–Kier alpha value is -1.95. The summed E-state index contributed by atoms with van der Waals surface area (Å²) < 4.78 is 18.4. The van der Waals surface area contributed by atoms with Crippen molar-refractivity contribution in [2.24, 2.45) is 0 Å². The third-order valence-corrected chi connectivity index (χ3v) is 3.46. The Morgan fingerprint density at radius 2 is 2.25 bits per heavy atom. The molecule has 0 aliphatic carbocycles. The number of carbonyl (C=O) groups is 1. The average Bonchev–Trinajstić information content (AvgIpc) is 2.90. The number of aromatic nitrogens is 1. The van der Waals surface area contributed by atoms with E-state index in [1.807, 2.05) is 0 Å². The molecule has 20 heavy (non-hydrogen) atoms. The predicted molar refractivity (Wildman–Crippen MR) is 76.7 cm³/mol. The Bertz CT molecular complexity index is 586. The summed E-state index contributed by atoms with van der Waals surface area (Å²) in [4.78, 5) is 15.6. The lowest BCUT2D eigenvalue weighted by Gasteiger charge is -2.06. The van der Waals surface area contributed by atoms with Crippen molar-refractivity contribution in [3.8, 4) is 0 Å². The van der Waals surface area contributed by atoms with Crippen molar-refractivity contribution in [2.75, 3.05) is 18.5 Å². The van der Waals surface area contributed by atoms with Crippen molar-refractivity contribution in [3.63, 3.8) is 0 Å². The molecular formula is C14H15FN2O2S. The molecule has 2 aromatic rings. The zero-order valence-corrected chi connectivity index (χ0v) is 11.9. The molecule has 1 aromatic heterocycles. The maximum atomic E-state index is 13.5. The molecule has 106 valence electrons. The van der Waals surface area contributed by atoms with Crippen LogP contribution in [0.3, 0.4) is 0 Å². The molecule has 0 atom stereocenters. The third kappa shape index (κ3) is 3.54. The van der Waals surface area contributed by atoms with Crippen molar-refractivity contribution >= 4 is 22.3 Å². The monoisotopic (exact) mass is 294 g/mol. The fraction of sp³-hybridized carbons (Fsp3) is 0.286. The van der Waals surface area contributed by atoms with E-state index in [1.54, 1.807) is 30.6 Å². The number of esters is 1. The average molecular weight is 294 g/mol. The Morgan fingerprint density at radius 1 is 1.45 bits per heavy atom. The number of benzene rings is 1. The van der Waals surface area contributed by atoms with E-state index >= 15 is 0 Å². The van der Waals surface area contributed by atoms with E-state index in [0.29, 0.717) is 30.1 Å². The van der Waals surface area contributed by atoms with Crippen LogP contribution in [0.2, 0.25) is 0 Å². The second-order valence-electron chi connectivity index (χ2n) is 4.02. The maximum absolute atomic E-state index is 13.5. The fourth-order valence-electron chi connectivity index (χ4n) is 1.73. The first-order chi connectivity index (χ1) is 9.72. The van der Waals surface area contributed by atoms with Crippen molar-refractivity contribution in [2.45, 2.75) is 13.3 Å². The number of hydrogen-bond acceptors (Lipinski definition) is 5. The van der Waals surface area contributed by atoms with Gasteiger partial charge in [-0.05, 0) is 25.0 Å². The van der Waals surface area contributed by atoms with E-state index in [2.05, 4.69) is 10.3 Å². The Morgan fingerprint density at radius 3 is 3.00 bits per heavy atom. The van der Waals surface area contributed by atoms with Crippen LogP contribution < -0.4 is 5.32 Å². The van der Waals surface area contributed by atoms with Gasteiger partial charge in [0.1, 0.15) is 10.8 Å². The zero-order valence-electron chi connectivity index (χ0n) is 11.1. The summed E-state index contributed by atoms with van der Waals surface area (Å²) in [5, 5.41) is 3.75. The largest absolute Gasteiger partial charge is 0.461 e. The van der Waals surface area contributed by atoms with Gasteiger partial charge in [0, 0.05) is 6.54 Å². The highest BCUT2D eigenvalue weighted by molar-refractivity contribution is 7.14. The molecule has 1 N–H and O–H groups in total. The summed E-state index contributed by atoms with van der Waals surface area (Å²) in [5.74, 6) is -0.661. The fourth-order valence-corrected chi connectivity index (χ4v) is 2.42. The van der Waals surface area contributed by atoms with E-state index < -0.39 is 5.97 Å². The number of nitrogens with one attached hydrogen (secondary N) is 1. The van der Waals surface area contributed by atoms with Crippen molar-refractivity contribution < 1.29 is 13.9 Å². The van der Waals surface area contributed by atoms with Gasteiger partial charge in [0.15, 0.2) is 5.69 Å². The molecule has 0 aliphatic heterocycles. The third-order valence-electron chi connectivity index (χ3n) is 2.67. The van der Waals surface area contributed by atoms with Crippen LogP contribution >= 0.6 is 11.3 Å². The molecule has 1 heterocycles. The van der Waals surface area contributed by atoms with Gasteiger partial charge in [-0.15, -0.1) is 11.3 Å². The molecule has 0 saturated heterocycles. The molecule has 6 heteroatoms. The molecule has 0 unspecified atom stereocenters. The van der Waals surface area contributed by atoms with Gasteiger partial charge >= 0.3 is 5.97 Å². The molecule has 0 bridgehead atoms. The molecule has 1 aromatic carbocycles. The van der Waals surface area contributed by atoms with Crippen LogP contribution in [0.25, 0.3) is 0 Å². The summed E-state index contributed by atoms with van der Waals surface area (Å²) in [6.07, 6.45) is 0.535. The number of halogens is 1. The summed E-state index contributed by atoms with van der Waals surface area (Å²) in [6, 6.07) is 6.64. The second kappa shape index (κ2) is 7.00. The van der Waals surface area contributed by atoms with Crippen molar-refractivity contribution in [1.82, 2.24) is 4.98 Å². The minimum atomic E-state index is -0.442. The number of carbonyl (C=O) groups excluding carboxylic acids is 1. The maximum Gasteiger partial charge on any atom is 0.360 e. The van der Waals surface area contributed by atoms with Gasteiger partial charge in [-0.3, -0.25) is 0 Å². The van der Waals surface area contributed by atoms with E-state index in [-0.39, 0.29) is 11.5 Å². The van der Waals surface area contributed by atoms with Crippen LogP contribution in [0.5, 0.6) is 0 Å². The zero-order chi connectivity index (χ0) is 14.4. The van der Waals surface area contributed by atoms with Crippen molar-refractivity contribution in [1.29, 1.82) is 0 Å². The van der Waals surface area contributed by atoms with Crippen molar-refractivity contribution in [3.05, 3.63) is 46.9 Å². The number of anilines is 1. The van der Waals surface area contributed by atoms with Gasteiger partial charge in [0.25, 0.3) is 0 Å². The van der Waals surface area contributed by atoms with Gasteiger partial charge in [0.2, 0.25) is 0 Å². The summed E-state index contributed by atoms with van der Waals surface area (Å²) >= 11 is 1.33. The van der Waals surface area contributed by atoms with E-state index in [4.69, 9.17) is 4.74 Å². The number of ether oxygens (including phenoxy) is 1. The van der Waals surface area contributed by atoms with Gasteiger partial charge in [0.05, 0.1) is 12.1 Å². The molecule has 0 spiro atoms. The van der Waals surface area contributed by atoms with Gasteiger partial charge in [-0.2, -0.15) is 0 Å². The topological polar surface area (TPSA) is 51.2 Å². The van der Waals surface area contributed by atoms with Gasteiger partial charge in [-0.25, -0.2) is 14.2 Å². The molecule has 0 fully saturated rings. The van der Waals surface area contributed by atoms with Gasteiger partial charge in [-0.1, -0.05) is 18.2 Å². The lowest BCUT2D eigenvalue weighted by molar-refractivity contribution is 0.0521. The van der Waals surface area contributed by atoms with Crippen LogP contribution in [0, 0.1) is 5.82 Å². The standard InChI is InChI=1S/C14H15FN2O2S/c1-2-19-14(18)12-13(20-9-17-12)16-8-7-10-5-3-4-6-11(10)15/h3-6,9,16H,2,7-8H2,1H3. The quantitative estimate of drug-likeness (QED) is 0.832. The minimum Gasteiger partial charge on any atom is -0.461 e. The molecule has 0 radical (unpaired) electrons. The molecule has 2 rings (SSSR count). The first kappa shape index (κ1) is 14.5. The molecule has 4 nitrogen and oxygen atoms in total. The van der Waals surface area contributed by atoms with Gasteiger partial charge < -0.3 is 10.1 Å². The molecule has 0 saturated carbocycles. The normalized spacial score (nSPS) is 10.3. The second-order valence-corrected chi connectivity index (χ2v) is 4.87. The minimum absolute atomic E-state index is 0.218. The highest BCUT2D eigenvalue weighted by Crippen LogP contribution is 2.21. The SMILES string of the molecule is CCOC(=O)c1ncsc1NCCc1ccccc1F. The number of thiazole rings is 1. The summed E-state index contributed by atoms with van der Waals surface area (Å²) in [7, 11) is 0. The Balaban J connectivity index is 1.93. The number of nitrogens with zero attached hydrogens (tertiary/aromatic N) is 1. The first-order valence-electron chi connectivity index (χ1n) is 6.30. The molecular weight excluding hydrogens is 279 g/mol. The highest BCUT2D eigenvalue weighted by atomic mass is 32.1. The highest BCUT2D eigenvalue weighted by Gasteiger charge is 2.15. The van der Waals surface area contributed by atoms with E-state index in [9.17, 15) is 9.18 Å². The first-order valence-corrected chi connectivity index (χ1v) is 7.18. The van der Waals surface area contributed by atoms with E-state index in [1.165, 1.54) is 17.4 Å². The summed E-state index contributed by atoms with van der Waals surface area (Å²) in [6.45, 7) is 2.58. The molecule has 0 amide bonds. The van der Waals surface area contributed by atoms with Crippen LogP contribution in [0.15, 0.2) is 29.8 Å². The number of hydrogen-bond donors (Lipinski definition) is 1. The van der Waals surface area contributed by atoms with Crippen LogP contribution in [0.1, 0.15) is 23.0 Å².